The molecule has 1 aromatic heterocycles. The van der Waals surface area contributed by atoms with Gasteiger partial charge in [-0.15, -0.1) is 34.2 Å². The maximum absolute atomic E-state index is 5.12. The van der Waals surface area contributed by atoms with Crippen molar-refractivity contribution in [3.05, 3.63) is 12.2 Å². The molecule has 2 N–H and O–H groups in total. The monoisotopic (exact) mass is 493 g/mol. The summed E-state index contributed by atoms with van der Waals surface area (Å²) in [6.45, 7) is 10.7. The number of aryl methyl sites for hydroxylation is 1. The number of rotatable bonds is 11. The molecule has 27 heavy (non-hydrogen) atoms. The molecule has 9 heteroatoms. The molecule has 0 aliphatic carbocycles. The van der Waals surface area contributed by atoms with E-state index in [2.05, 4.69) is 44.1 Å². The molecule has 2 heterocycles. The summed E-state index contributed by atoms with van der Waals surface area (Å²) in [5.41, 5.74) is 0. The highest BCUT2D eigenvalue weighted by Crippen LogP contribution is 2.16. The van der Waals surface area contributed by atoms with E-state index in [9.17, 15) is 0 Å². The van der Waals surface area contributed by atoms with E-state index < -0.39 is 0 Å². The molecule has 156 valence electrons. The average molecular weight is 493 g/mol. The van der Waals surface area contributed by atoms with Gasteiger partial charge in [0.15, 0.2) is 5.96 Å². The van der Waals surface area contributed by atoms with E-state index in [1.165, 1.54) is 19.4 Å². The number of hydrogen-bond acceptors (Lipinski definition) is 5. The Balaban J connectivity index is 0.00000364. The summed E-state index contributed by atoms with van der Waals surface area (Å²) >= 11 is 0. The van der Waals surface area contributed by atoms with Crippen molar-refractivity contribution in [1.29, 1.82) is 0 Å². The Morgan fingerprint density at radius 2 is 2.15 bits per heavy atom. The van der Waals surface area contributed by atoms with E-state index in [4.69, 9.17) is 9.73 Å². The molecule has 1 aliphatic rings. The lowest BCUT2D eigenvalue weighted by atomic mass is 10.2. The molecule has 0 amide bonds. The van der Waals surface area contributed by atoms with E-state index in [1.807, 2.05) is 0 Å². The van der Waals surface area contributed by atoms with Crippen LogP contribution in [0.1, 0.15) is 38.9 Å². The summed E-state index contributed by atoms with van der Waals surface area (Å²) in [7, 11) is 1.73. The van der Waals surface area contributed by atoms with Crippen LogP contribution in [0.5, 0.6) is 0 Å². The first kappa shape index (κ1) is 24.1. The zero-order valence-corrected chi connectivity index (χ0v) is 19.3. The Labute approximate surface area is 180 Å². The number of nitrogens with one attached hydrogen (secondary N) is 2. The summed E-state index contributed by atoms with van der Waals surface area (Å²) in [4.78, 5) is 7.36. The average Bonchev–Trinajstić information content (AvgIpc) is 3.31. The maximum Gasteiger partial charge on any atom is 0.191 e. The molecule has 0 aromatic carbocycles. The predicted molar refractivity (Wildman–Crippen MR) is 120 cm³/mol. The van der Waals surface area contributed by atoms with Crippen molar-refractivity contribution in [1.82, 2.24) is 30.3 Å². The fourth-order valence-corrected chi connectivity index (χ4v) is 3.35. The normalized spacial score (nSPS) is 17.7. The topological polar surface area (TPSA) is 79.6 Å². The number of ether oxygens (including phenoxy) is 1. The Kier molecular flexibility index (Phi) is 12.6. The van der Waals surface area contributed by atoms with Crippen LogP contribution in [0.3, 0.4) is 0 Å². The minimum Gasteiger partial charge on any atom is -0.385 e. The Morgan fingerprint density at radius 3 is 2.89 bits per heavy atom. The lowest BCUT2D eigenvalue weighted by Crippen LogP contribution is -2.41. The van der Waals surface area contributed by atoms with Crippen molar-refractivity contribution >= 4 is 29.9 Å². The largest absolute Gasteiger partial charge is 0.385 e. The van der Waals surface area contributed by atoms with Crippen molar-refractivity contribution < 1.29 is 4.74 Å². The van der Waals surface area contributed by atoms with Gasteiger partial charge in [-0.2, -0.15) is 0 Å². The van der Waals surface area contributed by atoms with Gasteiger partial charge in [0.05, 0.1) is 6.54 Å². The summed E-state index contributed by atoms with van der Waals surface area (Å²) in [6.07, 6.45) is 6.18. The Morgan fingerprint density at radius 1 is 1.33 bits per heavy atom. The molecular formula is C18H36IN7O. The number of aromatic nitrogens is 3. The number of likely N-dealkylation sites (tertiary alicyclic amines) is 1. The van der Waals surface area contributed by atoms with Crippen LogP contribution in [0.15, 0.2) is 11.3 Å². The number of halogens is 1. The number of nitrogens with zero attached hydrogens (tertiary/aromatic N) is 5. The second-order valence-corrected chi connectivity index (χ2v) is 6.61. The van der Waals surface area contributed by atoms with Gasteiger partial charge >= 0.3 is 0 Å². The fourth-order valence-electron chi connectivity index (χ4n) is 3.35. The summed E-state index contributed by atoms with van der Waals surface area (Å²) in [5, 5.41) is 15.0. The van der Waals surface area contributed by atoms with Gasteiger partial charge in [-0.1, -0.05) is 13.8 Å². The van der Waals surface area contributed by atoms with E-state index in [0.717, 1.165) is 64.0 Å². The van der Waals surface area contributed by atoms with E-state index in [-0.39, 0.29) is 24.0 Å². The zero-order valence-electron chi connectivity index (χ0n) is 17.0. The SMILES string of the molecule is CCc1nncn1CCNC(=NCC1CCCN1CC)NCCCOC.I. The number of aliphatic imine (C=N–C) groups is 1. The molecular weight excluding hydrogens is 457 g/mol. The van der Waals surface area contributed by atoms with Crippen LogP contribution in [0.4, 0.5) is 0 Å². The van der Waals surface area contributed by atoms with Crippen LogP contribution in [-0.2, 0) is 17.7 Å². The van der Waals surface area contributed by atoms with Crippen LogP contribution in [0, 0.1) is 0 Å². The van der Waals surface area contributed by atoms with Gasteiger partial charge in [-0.25, -0.2) is 0 Å². The summed E-state index contributed by atoms with van der Waals surface area (Å²) in [5.74, 6) is 1.90. The highest BCUT2D eigenvalue weighted by atomic mass is 127. The zero-order chi connectivity index (χ0) is 18.6. The summed E-state index contributed by atoms with van der Waals surface area (Å²) < 4.78 is 7.21. The van der Waals surface area contributed by atoms with E-state index >= 15 is 0 Å². The van der Waals surface area contributed by atoms with Crippen LogP contribution in [0.2, 0.25) is 0 Å². The molecule has 2 rings (SSSR count). The smallest absolute Gasteiger partial charge is 0.191 e. The second kappa shape index (κ2) is 14.1. The lowest BCUT2D eigenvalue weighted by molar-refractivity contribution is 0.195. The molecule has 1 saturated heterocycles. The summed E-state index contributed by atoms with van der Waals surface area (Å²) in [6, 6.07) is 0.571. The highest BCUT2D eigenvalue weighted by molar-refractivity contribution is 14.0. The van der Waals surface area contributed by atoms with Gasteiger partial charge in [-0.05, 0) is 32.4 Å². The third-order valence-electron chi connectivity index (χ3n) is 4.84. The molecule has 1 unspecified atom stereocenters. The fraction of sp³-hybridized carbons (Fsp3) is 0.833. The van der Waals surface area contributed by atoms with Gasteiger partial charge in [0.1, 0.15) is 12.2 Å². The van der Waals surface area contributed by atoms with Gasteiger partial charge in [0.2, 0.25) is 0 Å². The number of methoxy groups -OCH3 is 1. The highest BCUT2D eigenvalue weighted by Gasteiger charge is 2.22. The number of likely N-dealkylation sites (N-methyl/N-ethyl adjacent to an activating group) is 1. The second-order valence-electron chi connectivity index (χ2n) is 6.61. The van der Waals surface area contributed by atoms with Crippen molar-refractivity contribution in [3.8, 4) is 0 Å². The molecule has 8 nitrogen and oxygen atoms in total. The van der Waals surface area contributed by atoms with Crippen molar-refractivity contribution in [2.24, 2.45) is 4.99 Å². The van der Waals surface area contributed by atoms with Gasteiger partial charge < -0.3 is 19.9 Å². The first-order valence-electron chi connectivity index (χ1n) is 9.90. The first-order valence-corrected chi connectivity index (χ1v) is 9.90. The minimum atomic E-state index is 0. The number of hydrogen-bond donors (Lipinski definition) is 2. The first-order chi connectivity index (χ1) is 12.8. The maximum atomic E-state index is 5.12. The van der Waals surface area contributed by atoms with Crippen molar-refractivity contribution in [2.45, 2.75) is 52.1 Å². The Bertz CT molecular complexity index is 538. The molecule has 0 radical (unpaired) electrons. The van der Waals surface area contributed by atoms with Gasteiger partial charge in [0, 0.05) is 45.8 Å². The third kappa shape index (κ3) is 8.30. The van der Waals surface area contributed by atoms with Gasteiger partial charge in [0.25, 0.3) is 0 Å². The van der Waals surface area contributed by atoms with Crippen LogP contribution in [-0.4, -0.2) is 78.1 Å². The molecule has 1 aromatic rings. The van der Waals surface area contributed by atoms with Crippen LogP contribution >= 0.6 is 24.0 Å². The van der Waals surface area contributed by atoms with Crippen molar-refractivity contribution in [2.75, 3.05) is 46.4 Å². The molecule has 0 bridgehead atoms. The van der Waals surface area contributed by atoms with E-state index in [1.54, 1.807) is 13.4 Å². The molecule has 0 spiro atoms. The minimum absolute atomic E-state index is 0. The third-order valence-corrected chi connectivity index (χ3v) is 4.84. The quantitative estimate of drug-likeness (QED) is 0.211. The number of guanidine groups is 1. The standard InChI is InChI=1S/C18H35N7O.HI/c1-4-17-23-22-15-25(17)12-10-20-18(19-9-7-13-26-3)21-14-16-8-6-11-24(16)5-2;/h15-16H,4-14H2,1-3H3,(H2,19,20,21);1H. The molecule has 0 saturated carbocycles. The van der Waals surface area contributed by atoms with Crippen LogP contribution in [0.25, 0.3) is 0 Å². The lowest BCUT2D eigenvalue weighted by Gasteiger charge is -2.21. The van der Waals surface area contributed by atoms with Crippen LogP contribution < -0.4 is 10.6 Å². The van der Waals surface area contributed by atoms with E-state index in [0.29, 0.717) is 6.04 Å². The van der Waals surface area contributed by atoms with Gasteiger partial charge in [-0.3, -0.25) is 9.89 Å². The van der Waals surface area contributed by atoms with Crippen molar-refractivity contribution in [3.63, 3.8) is 0 Å². The predicted octanol–water partition coefficient (Wildman–Crippen LogP) is 1.51. The Hall–Kier alpha value is -0.940. The molecule has 1 fully saturated rings. The molecule has 1 aliphatic heterocycles. The molecule has 1 atom stereocenters.